The van der Waals surface area contributed by atoms with Gasteiger partial charge in [-0.2, -0.15) is 5.26 Å². The molecule has 3 heterocycles. The third kappa shape index (κ3) is 8.35. The van der Waals surface area contributed by atoms with Crippen molar-refractivity contribution in [1.82, 2.24) is 15.3 Å². The van der Waals surface area contributed by atoms with Crippen LogP contribution in [-0.2, 0) is 22.2 Å². The number of nitrogens with zero attached hydrogens (tertiary/aromatic N) is 2. The Balaban J connectivity index is 0.000000359. The van der Waals surface area contributed by atoms with E-state index in [0.29, 0.717) is 54.9 Å². The first-order chi connectivity index (χ1) is 20.6. The van der Waals surface area contributed by atoms with Crippen LogP contribution in [-0.4, -0.2) is 44.5 Å². The molecule has 0 spiro atoms. The molecule has 0 saturated carbocycles. The highest BCUT2D eigenvalue weighted by atomic mass is 32.2. The number of benzene rings is 2. The van der Waals surface area contributed by atoms with Gasteiger partial charge in [0, 0.05) is 53.5 Å². The summed E-state index contributed by atoms with van der Waals surface area (Å²) in [5, 5.41) is 14.5. The van der Waals surface area contributed by atoms with Crippen LogP contribution >= 0.6 is 0 Å². The molecule has 1 aliphatic heterocycles. The first kappa shape index (κ1) is 31.6. The van der Waals surface area contributed by atoms with Gasteiger partial charge in [0.2, 0.25) is 0 Å². The Hall–Kier alpha value is -4.38. The second kappa shape index (κ2) is 14.2. The van der Waals surface area contributed by atoms with Gasteiger partial charge in [0.1, 0.15) is 11.4 Å². The number of H-pyrrole nitrogens is 1. The standard InChI is InChI=1S/C23H23F2N5O3.C7H8O2S/c1-23(12-32-13-23)11-29-22(31)30-15-8-16(24)20(17(25)9-15)33-18-5-7-27-21-19(18)14(10-28-21)4-2-3-6-26;1-6-2-4-7(5-3-6)10(8)9/h5,7-10H,2-4,11-13H2,1H3,(H,27,28)(H2,29,30,31);2-5H,1H3,(H,8,9)/p-1. The lowest BCUT2D eigenvalue weighted by Gasteiger charge is -2.37. The van der Waals surface area contributed by atoms with Crippen LogP contribution in [0.4, 0.5) is 19.3 Å². The number of aromatic amines is 1. The predicted molar refractivity (Wildman–Crippen MR) is 155 cm³/mol. The average Bonchev–Trinajstić information content (AvgIpc) is 3.37. The van der Waals surface area contributed by atoms with Gasteiger partial charge in [0.25, 0.3) is 0 Å². The second-order valence-corrected chi connectivity index (χ2v) is 11.3. The summed E-state index contributed by atoms with van der Waals surface area (Å²) in [5.74, 6) is -2.27. The van der Waals surface area contributed by atoms with Crippen molar-refractivity contribution < 1.29 is 31.8 Å². The third-order valence-electron chi connectivity index (χ3n) is 6.61. The fraction of sp³-hybridized carbons (Fsp3) is 0.300. The number of fused-ring (bicyclic) bond motifs is 1. The number of carbonyl (C=O) groups excluding carboxylic acids is 1. The molecule has 4 aromatic rings. The minimum absolute atomic E-state index is 0.0384. The van der Waals surface area contributed by atoms with Crippen molar-refractivity contribution in [2.75, 3.05) is 25.1 Å². The van der Waals surface area contributed by atoms with Gasteiger partial charge in [-0.25, -0.2) is 18.6 Å². The lowest BCUT2D eigenvalue weighted by atomic mass is 9.89. The molecule has 1 atom stereocenters. The van der Waals surface area contributed by atoms with Crippen molar-refractivity contribution in [3.8, 4) is 17.6 Å². The minimum Gasteiger partial charge on any atom is -0.768 e. The summed E-state index contributed by atoms with van der Waals surface area (Å²) in [5.41, 5.74) is 2.25. The maximum Gasteiger partial charge on any atom is 0.319 e. The number of halogens is 2. The van der Waals surface area contributed by atoms with Crippen LogP contribution in [0, 0.1) is 35.3 Å². The molecular formula is C30H30F2N5O5S-. The molecule has 2 amide bonds. The predicted octanol–water partition coefficient (Wildman–Crippen LogP) is 5.87. The Morgan fingerprint density at radius 1 is 1.23 bits per heavy atom. The molecule has 5 rings (SSSR count). The summed E-state index contributed by atoms with van der Waals surface area (Å²) in [6, 6.07) is 11.7. The van der Waals surface area contributed by atoms with Gasteiger partial charge in [-0.1, -0.05) is 24.6 Å². The van der Waals surface area contributed by atoms with E-state index in [1.165, 1.54) is 12.3 Å². The van der Waals surface area contributed by atoms with E-state index in [2.05, 4.69) is 26.7 Å². The Labute approximate surface area is 249 Å². The van der Waals surface area contributed by atoms with Crippen molar-refractivity contribution in [2.24, 2.45) is 5.41 Å². The Kier molecular flexibility index (Phi) is 10.4. The number of pyridine rings is 1. The highest BCUT2D eigenvalue weighted by Gasteiger charge is 2.33. The first-order valence-corrected chi connectivity index (χ1v) is 14.4. The fourth-order valence-corrected chi connectivity index (χ4v) is 4.60. The largest absolute Gasteiger partial charge is 0.768 e. The molecule has 2 aromatic heterocycles. The molecule has 2 aromatic carbocycles. The molecule has 0 bridgehead atoms. The Bertz CT molecular complexity index is 1630. The highest BCUT2D eigenvalue weighted by Crippen LogP contribution is 2.35. The van der Waals surface area contributed by atoms with Crippen LogP contribution < -0.4 is 15.4 Å². The van der Waals surface area contributed by atoms with Crippen LogP contribution in [0.3, 0.4) is 0 Å². The molecule has 13 heteroatoms. The summed E-state index contributed by atoms with van der Waals surface area (Å²) in [6.45, 7) is 5.36. The summed E-state index contributed by atoms with van der Waals surface area (Å²) in [7, 11) is 0. The van der Waals surface area contributed by atoms with E-state index in [1.807, 2.05) is 13.8 Å². The van der Waals surface area contributed by atoms with Crippen LogP contribution in [0.25, 0.3) is 11.0 Å². The Morgan fingerprint density at radius 2 is 1.93 bits per heavy atom. The van der Waals surface area contributed by atoms with Crippen molar-refractivity contribution in [3.63, 3.8) is 0 Å². The molecule has 0 radical (unpaired) electrons. The number of hydrogen-bond donors (Lipinski definition) is 3. The van der Waals surface area contributed by atoms with Crippen molar-refractivity contribution >= 4 is 33.8 Å². The zero-order valence-corrected chi connectivity index (χ0v) is 24.4. The van der Waals surface area contributed by atoms with E-state index in [4.69, 9.17) is 14.7 Å². The minimum atomic E-state index is -2.09. The number of rotatable bonds is 9. The first-order valence-electron chi connectivity index (χ1n) is 13.4. The summed E-state index contributed by atoms with van der Waals surface area (Å²) < 4.78 is 60.9. The third-order valence-corrected chi connectivity index (χ3v) is 7.27. The normalized spacial score (nSPS) is 14.0. The summed E-state index contributed by atoms with van der Waals surface area (Å²) in [4.78, 5) is 19.7. The highest BCUT2D eigenvalue weighted by molar-refractivity contribution is 7.79. The van der Waals surface area contributed by atoms with Crippen molar-refractivity contribution in [3.05, 3.63) is 77.6 Å². The van der Waals surface area contributed by atoms with E-state index in [0.717, 1.165) is 23.3 Å². The van der Waals surface area contributed by atoms with Gasteiger partial charge in [-0.3, -0.25) is 4.21 Å². The lowest BCUT2D eigenvalue weighted by molar-refractivity contribution is -0.0974. The molecule has 1 saturated heterocycles. The van der Waals surface area contributed by atoms with Crippen molar-refractivity contribution in [2.45, 2.75) is 38.0 Å². The van der Waals surface area contributed by atoms with Gasteiger partial charge in [0.15, 0.2) is 17.4 Å². The molecule has 226 valence electrons. The average molecular weight is 611 g/mol. The SMILES string of the molecule is CC1(CNC(=O)Nc2cc(F)c(Oc3ccnc4[nH]cc(CCCC#N)c34)c(F)c2)COC1.Cc1ccc(S(=O)[O-])cc1. The second-order valence-electron chi connectivity index (χ2n) is 10.4. The number of aromatic nitrogens is 2. The zero-order valence-electron chi connectivity index (χ0n) is 23.5. The van der Waals surface area contributed by atoms with E-state index >= 15 is 0 Å². The van der Waals surface area contributed by atoms with E-state index in [1.54, 1.807) is 30.5 Å². The molecule has 1 unspecified atom stereocenters. The summed E-state index contributed by atoms with van der Waals surface area (Å²) >= 11 is -2.09. The van der Waals surface area contributed by atoms with Gasteiger partial charge >= 0.3 is 6.03 Å². The van der Waals surface area contributed by atoms with Gasteiger partial charge in [-0.05, 0) is 54.6 Å². The molecule has 0 aliphatic carbocycles. The number of aryl methyl sites for hydroxylation is 2. The monoisotopic (exact) mass is 610 g/mol. The van der Waals surface area contributed by atoms with Gasteiger partial charge in [-0.15, -0.1) is 0 Å². The number of ether oxygens (including phenoxy) is 2. The van der Waals surface area contributed by atoms with Crippen molar-refractivity contribution in [1.29, 1.82) is 5.26 Å². The molecular weight excluding hydrogens is 580 g/mol. The molecule has 43 heavy (non-hydrogen) atoms. The smallest absolute Gasteiger partial charge is 0.319 e. The number of anilines is 1. The Morgan fingerprint density at radius 3 is 2.53 bits per heavy atom. The maximum absolute atomic E-state index is 14.7. The van der Waals surface area contributed by atoms with Crippen LogP contribution in [0.5, 0.6) is 11.5 Å². The lowest BCUT2D eigenvalue weighted by Crippen LogP contribution is -2.49. The number of nitriles is 1. The van der Waals surface area contributed by atoms with Crippen LogP contribution in [0.1, 0.15) is 30.9 Å². The number of hydrogen-bond acceptors (Lipinski definition) is 7. The molecule has 1 aliphatic rings. The zero-order chi connectivity index (χ0) is 31.0. The number of urea groups is 1. The molecule has 3 N–H and O–H groups in total. The van der Waals surface area contributed by atoms with Crippen LogP contribution in [0.15, 0.2) is 59.8 Å². The summed E-state index contributed by atoms with van der Waals surface area (Å²) in [6.07, 6.45) is 4.83. The van der Waals surface area contributed by atoms with E-state index in [-0.39, 0.29) is 16.9 Å². The van der Waals surface area contributed by atoms with E-state index < -0.39 is 34.5 Å². The molecule has 10 nitrogen and oxygen atoms in total. The number of amides is 2. The quantitative estimate of drug-likeness (QED) is 0.158. The van der Waals surface area contributed by atoms with Gasteiger partial charge < -0.3 is 29.6 Å². The van der Waals surface area contributed by atoms with Crippen LogP contribution in [0.2, 0.25) is 0 Å². The van der Waals surface area contributed by atoms with E-state index in [9.17, 15) is 22.3 Å². The number of nitrogens with one attached hydrogen (secondary N) is 3. The maximum atomic E-state index is 14.7. The topological polar surface area (TPSA) is 152 Å². The molecule has 1 fully saturated rings. The van der Waals surface area contributed by atoms with Gasteiger partial charge in [0.05, 0.1) is 24.7 Å². The number of unbranched alkanes of at least 4 members (excludes halogenated alkanes) is 1. The fourth-order valence-electron chi connectivity index (χ4n) is 4.24. The number of carbonyl (C=O) groups is 1.